The molecule has 1 aromatic rings. The van der Waals surface area contributed by atoms with Crippen molar-refractivity contribution in [3.63, 3.8) is 0 Å². The van der Waals surface area contributed by atoms with E-state index >= 15 is 0 Å². The first-order chi connectivity index (χ1) is 6.29. The molecule has 0 aliphatic rings. The number of hydrogen-bond acceptors (Lipinski definition) is 2. The van der Waals surface area contributed by atoms with Gasteiger partial charge < -0.3 is 5.32 Å². The number of thiophene rings is 1. The minimum atomic E-state index is 0.388. The average molecular weight is 305 g/mol. The molecule has 0 aromatic carbocycles. The molecule has 0 saturated carbocycles. The minimum Gasteiger partial charge on any atom is -0.312 e. The Kier molecular flexibility index (Phi) is 4.78. The molecule has 70 valence electrons. The molecule has 0 aliphatic heterocycles. The second kappa shape index (κ2) is 5.63. The molecule has 13 heavy (non-hydrogen) atoms. The molecule has 0 radical (unpaired) electrons. The molecule has 3 heteroatoms. The number of hydrogen-bond donors (Lipinski definition) is 1. The van der Waals surface area contributed by atoms with Gasteiger partial charge in [0.1, 0.15) is 0 Å². The molecule has 0 amide bonds. The zero-order valence-electron chi connectivity index (χ0n) is 7.73. The van der Waals surface area contributed by atoms with Gasteiger partial charge >= 0.3 is 0 Å². The summed E-state index contributed by atoms with van der Waals surface area (Å²) >= 11 is 4.16. The lowest BCUT2D eigenvalue weighted by atomic mass is 10.2. The summed E-state index contributed by atoms with van der Waals surface area (Å²) in [6.45, 7) is 1.88. The van der Waals surface area contributed by atoms with Crippen LogP contribution in [0.3, 0.4) is 0 Å². The van der Waals surface area contributed by atoms with Crippen LogP contribution in [-0.2, 0) is 0 Å². The smallest absolute Gasteiger partial charge is 0.0533 e. The fourth-order valence-corrected chi connectivity index (χ4v) is 3.16. The predicted molar refractivity (Wildman–Crippen MR) is 66.9 cm³/mol. The largest absolute Gasteiger partial charge is 0.312 e. The Balaban J connectivity index is 2.76. The Hall–Kier alpha value is -0.0500. The van der Waals surface area contributed by atoms with E-state index in [4.69, 9.17) is 0 Å². The molecular formula is C10H12INS. The van der Waals surface area contributed by atoms with Crippen LogP contribution in [0.2, 0.25) is 0 Å². The lowest BCUT2D eigenvalue weighted by Gasteiger charge is -2.11. The van der Waals surface area contributed by atoms with E-state index in [-0.39, 0.29) is 0 Å². The van der Waals surface area contributed by atoms with Crippen molar-refractivity contribution in [3.8, 4) is 11.8 Å². The fourth-order valence-electron chi connectivity index (χ4n) is 1.08. The van der Waals surface area contributed by atoms with Crippen LogP contribution in [0.4, 0.5) is 0 Å². The fraction of sp³-hybridized carbons (Fsp3) is 0.400. The van der Waals surface area contributed by atoms with Gasteiger partial charge in [-0.3, -0.25) is 0 Å². The molecule has 0 spiro atoms. The van der Waals surface area contributed by atoms with Crippen LogP contribution in [0, 0.1) is 15.4 Å². The summed E-state index contributed by atoms with van der Waals surface area (Å²) < 4.78 is 1.33. The maximum absolute atomic E-state index is 3.28. The van der Waals surface area contributed by atoms with E-state index in [1.165, 1.54) is 8.45 Å². The Morgan fingerprint density at radius 3 is 2.92 bits per heavy atom. The first kappa shape index (κ1) is 11.0. The van der Waals surface area contributed by atoms with Gasteiger partial charge in [0.2, 0.25) is 0 Å². The van der Waals surface area contributed by atoms with Crippen molar-refractivity contribution < 1.29 is 0 Å². The normalized spacial score (nSPS) is 11.9. The van der Waals surface area contributed by atoms with Crippen LogP contribution in [0.1, 0.15) is 24.3 Å². The van der Waals surface area contributed by atoms with Crippen molar-refractivity contribution in [2.75, 3.05) is 7.05 Å². The zero-order chi connectivity index (χ0) is 9.68. The van der Waals surface area contributed by atoms with Gasteiger partial charge in [-0.25, -0.2) is 0 Å². The maximum Gasteiger partial charge on any atom is 0.0533 e. The molecule has 1 atom stereocenters. The lowest BCUT2D eigenvalue weighted by Crippen LogP contribution is -2.15. The summed E-state index contributed by atoms with van der Waals surface area (Å²) in [5, 5.41) is 5.41. The molecular weight excluding hydrogens is 293 g/mol. The van der Waals surface area contributed by atoms with Gasteiger partial charge in [-0.1, -0.05) is 0 Å². The highest BCUT2D eigenvalue weighted by atomic mass is 127. The second-order valence-electron chi connectivity index (χ2n) is 2.60. The van der Waals surface area contributed by atoms with Gasteiger partial charge in [-0.05, 0) is 48.0 Å². The SMILES string of the molecule is CC#CCC(NC)c1sccc1I. The van der Waals surface area contributed by atoms with Crippen LogP contribution in [0.15, 0.2) is 11.4 Å². The highest BCUT2D eigenvalue weighted by Crippen LogP contribution is 2.27. The van der Waals surface area contributed by atoms with E-state index < -0.39 is 0 Å². The number of halogens is 1. The van der Waals surface area contributed by atoms with E-state index in [2.05, 4.69) is 51.2 Å². The third kappa shape index (κ3) is 2.97. The van der Waals surface area contributed by atoms with Crippen molar-refractivity contribution in [2.45, 2.75) is 19.4 Å². The first-order valence-corrected chi connectivity index (χ1v) is 6.05. The summed E-state index contributed by atoms with van der Waals surface area (Å²) in [4.78, 5) is 1.39. The van der Waals surface area contributed by atoms with Crippen LogP contribution in [-0.4, -0.2) is 7.05 Å². The lowest BCUT2D eigenvalue weighted by molar-refractivity contribution is 0.619. The maximum atomic E-state index is 3.28. The van der Waals surface area contributed by atoms with E-state index in [1.807, 2.05) is 14.0 Å². The first-order valence-electron chi connectivity index (χ1n) is 4.09. The summed E-state index contributed by atoms with van der Waals surface area (Å²) in [5.74, 6) is 6.03. The van der Waals surface area contributed by atoms with E-state index in [1.54, 1.807) is 11.3 Å². The van der Waals surface area contributed by atoms with Crippen LogP contribution in [0.25, 0.3) is 0 Å². The molecule has 1 N–H and O–H groups in total. The standard InChI is InChI=1S/C10H12INS/c1-3-4-5-9(12-2)10-8(11)6-7-13-10/h6-7,9,12H,5H2,1-2H3. The van der Waals surface area contributed by atoms with Gasteiger partial charge in [-0.2, -0.15) is 0 Å². The molecule has 0 aliphatic carbocycles. The van der Waals surface area contributed by atoms with Crippen molar-refractivity contribution >= 4 is 33.9 Å². The Morgan fingerprint density at radius 1 is 1.69 bits per heavy atom. The van der Waals surface area contributed by atoms with Crippen LogP contribution >= 0.6 is 33.9 Å². The van der Waals surface area contributed by atoms with E-state index in [0.29, 0.717) is 6.04 Å². The van der Waals surface area contributed by atoms with Crippen LogP contribution in [0.5, 0.6) is 0 Å². The third-order valence-electron chi connectivity index (χ3n) is 1.79. The highest BCUT2D eigenvalue weighted by Gasteiger charge is 2.11. The third-order valence-corrected chi connectivity index (χ3v) is 4.13. The van der Waals surface area contributed by atoms with Gasteiger partial charge in [0.25, 0.3) is 0 Å². The van der Waals surface area contributed by atoms with Crippen molar-refractivity contribution in [3.05, 3.63) is 19.9 Å². The predicted octanol–water partition coefficient (Wildman–Crippen LogP) is 3.03. The summed E-state index contributed by atoms with van der Waals surface area (Å²) in [6.07, 6.45) is 0.892. The second-order valence-corrected chi connectivity index (χ2v) is 4.71. The summed E-state index contributed by atoms with van der Waals surface area (Å²) in [6, 6.07) is 2.53. The molecule has 0 saturated heterocycles. The Morgan fingerprint density at radius 2 is 2.46 bits per heavy atom. The summed E-state index contributed by atoms with van der Waals surface area (Å²) in [5.41, 5.74) is 0. The highest BCUT2D eigenvalue weighted by molar-refractivity contribution is 14.1. The van der Waals surface area contributed by atoms with Crippen molar-refractivity contribution in [1.29, 1.82) is 0 Å². The van der Waals surface area contributed by atoms with Gasteiger partial charge in [0, 0.05) is 14.9 Å². The monoisotopic (exact) mass is 305 g/mol. The van der Waals surface area contributed by atoms with E-state index in [0.717, 1.165) is 6.42 Å². The zero-order valence-corrected chi connectivity index (χ0v) is 10.7. The molecule has 1 rings (SSSR count). The molecule has 0 fully saturated rings. The van der Waals surface area contributed by atoms with E-state index in [9.17, 15) is 0 Å². The quantitative estimate of drug-likeness (QED) is 0.668. The van der Waals surface area contributed by atoms with Crippen LogP contribution < -0.4 is 5.32 Å². The van der Waals surface area contributed by atoms with Crippen molar-refractivity contribution in [1.82, 2.24) is 5.32 Å². The molecule has 1 aromatic heterocycles. The molecule has 1 heterocycles. The average Bonchev–Trinajstić information content (AvgIpc) is 2.54. The number of nitrogens with one attached hydrogen (secondary N) is 1. The molecule has 1 unspecified atom stereocenters. The summed E-state index contributed by atoms with van der Waals surface area (Å²) in [7, 11) is 1.98. The Labute approximate surface area is 97.1 Å². The van der Waals surface area contributed by atoms with Gasteiger partial charge in [0.15, 0.2) is 0 Å². The van der Waals surface area contributed by atoms with Gasteiger partial charge in [-0.15, -0.1) is 23.2 Å². The van der Waals surface area contributed by atoms with Crippen molar-refractivity contribution in [2.24, 2.45) is 0 Å². The van der Waals surface area contributed by atoms with Gasteiger partial charge in [0.05, 0.1) is 6.04 Å². The Bertz CT molecular complexity index is 321. The topological polar surface area (TPSA) is 12.0 Å². The minimum absolute atomic E-state index is 0.388. The molecule has 1 nitrogen and oxygen atoms in total. The number of rotatable bonds is 3. The molecule has 0 bridgehead atoms.